The number of aliphatic hydroxyl groups excluding tert-OH is 1. The third kappa shape index (κ3) is 4.41. The van der Waals surface area contributed by atoms with Crippen molar-refractivity contribution < 1.29 is 19.0 Å². The Labute approximate surface area is 211 Å². The summed E-state index contributed by atoms with van der Waals surface area (Å²) in [4.78, 5) is 18.7. The van der Waals surface area contributed by atoms with Crippen LogP contribution in [0.4, 0.5) is 20.5 Å². The Balaban J connectivity index is 1.41. The molecule has 0 bridgehead atoms. The minimum Gasteiger partial charge on any atom is -0.388 e. The SMILES string of the molecule is Cc1nc(NCC2CC2)nc(NC2(O)CCC(C(C)(F)F)C2O)c1-c1nc2c(C3CC3)nccc2s1. The maximum absolute atomic E-state index is 14.1. The Morgan fingerprint density at radius 1 is 1.17 bits per heavy atom. The van der Waals surface area contributed by atoms with Crippen molar-refractivity contribution in [1.82, 2.24) is 19.9 Å². The van der Waals surface area contributed by atoms with Crippen molar-refractivity contribution in [3.63, 3.8) is 0 Å². The van der Waals surface area contributed by atoms with Crippen molar-refractivity contribution in [2.75, 3.05) is 17.2 Å². The third-order valence-electron chi connectivity index (χ3n) is 7.54. The lowest BCUT2D eigenvalue weighted by Crippen LogP contribution is -2.50. The summed E-state index contributed by atoms with van der Waals surface area (Å²) in [6, 6.07) is 1.93. The molecule has 192 valence electrons. The lowest BCUT2D eigenvalue weighted by atomic mass is 9.97. The smallest absolute Gasteiger partial charge is 0.250 e. The quantitative estimate of drug-likeness (QED) is 0.319. The van der Waals surface area contributed by atoms with Crippen LogP contribution in [-0.2, 0) is 0 Å². The maximum Gasteiger partial charge on any atom is 0.250 e. The van der Waals surface area contributed by atoms with Crippen LogP contribution in [0.5, 0.6) is 0 Å². The zero-order valence-corrected chi connectivity index (χ0v) is 21.1. The standard InChI is InChI=1S/C25H30F2N6O2S/c1-12-17(22-31-19-16(36-22)8-10-28-18(19)14-5-6-14)21(32-23(30-12)29-11-13-3-4-13)33-25(35)9-7-15(20(25)34)24(2,26)27/h8,10,13-15,20,34-35H,3-7,9,11H2,1-2H3,(H2,29,30,32,33). The zero-order chi connectivity index (χ0) is 25.2. The van der Waals surface area contributed by atoms with Gasteiger partial charge in [-0.05, 0) is 64.4 Å². The van der Waals surface area contributed by atoms with E-state index in [1.807, 2.05) is 13.0 Å². The molecule has 3 unspecified atom stereocenters. The summed E-state index contributed by atoms with van der Waals surface area (Å²) in [7, 11) is 0. The van der Waals surface area contributed by atoms with Crippen LogP contribution in [0.3, 0.4) is 0 Å². The molecule has 3 fully saturated rings. The molecule has 6 rings (SSSR count). The average Bonchev–Trinajstić information content (AvgIpc) is 3.73. The molecule has 4 N–H and O–H groups in total. The third-order valence-corrected chi connectivity index (χ3v) is 8.58. The van der Waals surface area contributed by atoms with Crippen molar-refractivity contribution in [3.05, 3.63) is 23.7 Å². The van der Waals surface area contributed by atoms with E-state index >= 15 is 0 Å². The lowest BCUT2D eigenvalue weighted by molar-refractivity contribution is -0.117. The van der Waals surface area contributed by atoms with E-state index < -0.39 is 23.7 Å². The van der Waals surface area contributed by atoms with Crippen molar-refractivity contribution in [2.24, 2.45) is 11.8 Å². The summed E-state index contributed by atoms with van der Waals surface area (Å²) in [5.74, 6) is -2.80. The van der Waals surface area contributed by atoms with E-state index in [1.54, 1.807) is 6.20 Å². The highest BCUT2D eigenvalue weighted by atomic mass is 32.1. The first kappa shape index (κ1) is 23.9. The Bertz CT molecular complexity index is 1310. The highest BCUT2D eigenvalue weighted by Gasteiger charge is 2.55. The number of aromatic nitrogens is 4. The second-order valence-corrected chi connectivity index (χ2v) is 11.6. The Morgan fingerprint density at radius 3 is 2.61 bits per heavy atom. The van der Waals surface area contributed by atoms with Gasteiger partial charge in [-0.3, -0.25) is 4.98 Å². The molecule has 3 aliphatic carbocycles. The molecule has 3 aliphatic rings. The zero-order valence-electron chi connectivity index (χ0n) is 20.3. The van der Waals surface area contributed by atoms with Crippen LogP contribution in [0.1, 0.15) is 62.8 Å². The molecule has 36 heavy (non-hydrogen) atoms. The van der Waals surface area contributed by atoms with Gasteiger partial charge in [-0.1, -0.05) is 0 Å². The highest BCUT2D eigenvalue weighted by molar-refractivity contribution is 7.21. The van der Waals surface area contributed by atoms with E-state index in [2.05, 4.69) is 25.6 Å². The molecule has 0 amide bonds. The molecular formula is C25H30F2N6O2S. The van der Waals surface area contributed by atoms with E-state index in [1.165, 1.54) is 11.3 Å². The molecule has 3 heterocycles. The lowest BCUT2D eigenvalue weighted by Gasteiger charge is -2.32. The Morgan fingerprint density at radius 2 is 1.94 bits per heavy atom. The summed E-state index contributed by atoms with van der Waals surface area (Å²) in [6.07, 6.45) is 4.61. The first-order valence-electron chi connectivity index (χ1n) is 12.6. The van der Waals surface area contributed by atoms with Gasteiger partial charge in [-0.15, -0.1) is 11.3 Å². The van der Waals surface area contributed by atoms with E-state index in [0.29, 0.717) is 34.0 Å². The number of pyridine rings is 1. The van der Waals surface area contributed by atoms with Gasteiger partial charge in [-0.2, -0.15) is 4.98 Å². The van der Waals surface area contributed by atoms with Crippen molar-refractivity contribution in [1.29, 1.82) is 0 Å². The fraction of sp³-hybridized carbons (Fsp3) is 0.600. The van der Waals surface area contributed by atoms with Crippen LogP contribution in [-0.4, -0.2) is 54.4 Å². The molecule has 0 saturated heterocycles. The number of aryl methyl sites for hydroxylation is 1. The van der Waals surface area contributed by atoms with Crippen LogP contribution < -0.4 is 10.6 Å². The average molecular weight is 517 g/mol. The molecule has 0 aromatic carbocycles. The van der Waals surface area contributed by atoms with Crippen molar-refractivity contribution >= 4 is 33.3 Å². The number of rotatable bonds is 8. The fourth-order valence-corrected chi connectivity index (χ4v) is 6.15. The summed E-state index contributed by atoms with van der Waals surface area (Å²) in [5, 5.41) is 28.9. The predicted octanol–water partition coefficient (Wildman–Crippen LogP) is 4.68. The monoisotopic (exact) mass is 516 g/mol. The number of halogens is 2. The van der Waals surface area contributed by atoms with E-state index in [4.69, 9.17) is 4.98 Å². The number of fused-ring (bicyclic) bond motifs is 1. The summed E-state index contributed by atoms with van der Waals surface area (Å²) in [5.41, 5.74) is 1.11. The van der Waals surface area contributed by atoms with Gasteiger partial charge in [0.05, 0.1) is 27.6 Å². The Kier molecular flexibility index (Phi) is 5.65. The number of hydrogen-bond acceptors (Lipinski definition) is 9. The summed E-state index contributed by atoms with van der Waals surface area (Å²) >= 11 is 1.48. The molecule has 0 radical (unpaired) electrons. The molecule has 3 aromatic rings. The maximum atomic E-state index is 14.1. The van der Waals surface area contributed by atoms with E-state index in [-0.39, 0.29) is 18.7 Å². The van der Waals surface area contributed by atoms with Crippen molar-refractivity contribution in [3.8, 4) is 10.6 Å². The van der Waals surface area contributed by atoms with Gasteiger partial charge in [-0.25, -0.2) is 18.7 Å². The molecule has 8 nitrogen and oxygen atoms in total. The number of anilines is 2. The number of thiazole rings is 1. The van der Waals surface area contributed by atoms with Gasteiger partial charge in [0.2, 0.25) is 5.95 Å². The largest absolute Gasteiger partial charge is 0.388 e. The number of hydrogen-bond donors (Lipinski definition) is 4. The molecule has 11 heteroatoms. The summed E-state index contributed by atoms with van der Waals surface area (Å²) < 4.78 is 29.2. The van der Waals surface area contributed by atoms with Gasteiger partial charge in [0.1, 0.15) is 22.4 Å². The number of nitrogens with zero attached hydrogens (tertiary/aromatic N) is 4. The van der Waals surface area contributed by atoms with Gasteiger partial charge in [0.25, 0.3) is 5.92 Å². The van der Waals surface area contributed by atoms with Gasteiger partial charge in [0.15, 0.2) is 5.72 Å². The van der Waals surface area contributed by atoms with E-state index in [9.17, 15) is 19.0 Å². The number of nitrogens with one attached hydrogen (secondary N) is 2. The Hall–Kier alpha value is -2.50. The number of alkyl halides is 2. The minimum atomic E-state index is -3.12. The molecule has 3 saturated carbocycles. The van der Waals surface area contributed by atoms with Gasteiger partial charge < -0.3 is 20.8 Å². The van der Waals surface area contributed by atoms with Crippen LogP contribution in [0.15, 0.2) is 12.3 Å². The number of aliphatic hydroxyl groups is 2. The van der Waals surface area contributed by atoms with Crippen molar-refractivity contribution in [2.45, 2.75) is 76.0 Å². The summed E-state index contributed by atoms with van der Waals surface area (Å²) in [6.45, 7) is 3.36. The van der Waals surface area contributed by atoms with Crippen LogP contribution in [0.2, 0.25) is 0 Å². The topological polar surface area (TPSA) is 116 Å². The molecule has 0 aliphatic heterocycles. The minimum absolute atomic E-state index is 0.0160. The molecular weight excluding hydrogens is 486 g/mol. The highest BCUT2D eigenvalue weighted by Crippen LogP contribution is 2.46. The molecule has 3 atom stereocenters. The normalized spacial score (nSPS) is 26.5. The first-order chi connectivity index (χ1) is 17.1. The fourth-order valence-electron chi connectivity index (χ4n) is 5.08. The predicted molar refractivity (Wildman–Crippen MR) is 134 cm³/mol. The van der Waals surface area contributed by atoms with E-state index in [0.717, 1.165) is 55.1 Å². The van der Waals surface area contributed by atoms with Crippen LogP contribution in [0.25, 0.3) is 20.8 Å². The molecule has 0 spiro atoms. The van der Waals surface area contributed by atoms with Crippen LogP contribution in [0, 0.1) is 18.8 Å². The van der Waals surface area contributed by atoms with Gasteiger partial charge >= 0.3 is 0 Å². The van der Waals surface area contributed by atoms with Gasteiger partial charge in [0, 0.05) is 18.7 Å². The first-order valence-corrected chi connectivity index (χ1v) is 13.4. The molecule has 3 aromatic heterocycles. The second kappa shape index (κ2) is 8.53. The second-order valence-electron chi connectivity index (χ2n) is 10.6. The van der Waals surface area contributed by atoms with Crippen LogP contribution >= 0.6 is 11.3 Å².